The maximum absolute atomic E-state index is 13.2. The molecule has 1 aromatic heterocycles. The number of halogens is 2. The molecule has 0 amide bonds. The van der Waals surface area contributed by atoms with Gasteiger partial charge >= 0.3 is 0 Å². The van der Waals surface area contributed by atoms with Gasteiger partial charge in [-0.3, -0.25) is 0 Å². The van der Waals surface area contributed by atoms with E-state index in [1.807, 2.05) is 0 Å². The Bertz CT molecular complexity index is 296. The molecule has 14 heavy (non-hydrogen) atoms. The monoisotopic (exact) mass is 198 g/mol. The molecule has 1 aromatic rings. The van der Waals surface area contributed by atoms with Gasteiger partial charge in [0.25, 0.3) is 5.92 Å². The van der Waals surface area contributed by atoms with Crippen molar-refractivity contribution in [2.75, 3.05) is 11.9 Å². The maximum atomic E-state index is 13.2. The Labute approximate surface area is 81.4 Å². The van der Waals surface area contributed by atoms with E-state index in [0.29, 0.717) is 18.7 Å². The molecule has 0 spiro atoms. The standard InChI is InChI=1S/C10H12F2N2/c11-10(12,8-4-5-8)7-14-9-3-1-2-6-13-9/h1-3,6,8H,4-5,7H2,(H,13,14). The predicted octanol–water partition coefficient (Wildman–Crippen LogP) is 2.54. The van der Waals surface area contributed by atoms with Gasteiger partial charge in [-0.25, -0.2) is 13.8 Å². The number of rotatable bonds is 4. The third-order valence-electron chi connectivity index (χ3n) is 2.34. The van der Waals surface area contributed by atoms with Gasteiger partial charge in [0, 0.05) is 12.1 Å². The summed E-state index contributed by atoms with van der Waals surface area (Å²) in [5.41, 5.74) is 0. The highest BCUT2D eigenvalue weighted by Gasteiger charge is 2.46. The number of pyridine rings is 1. The first-order valence-corrected chi connectivity index (χ1v) is 4.71. The van der Waals surface area contributed by atoms with Crippen LogP contribution in [0.4, 0.5) is 14.6 Å². The van der Waals surface area contributed by atoms with Crippen LogP contribution in [0.5, 0.6) is 0 Å². The average molecular weight is 198 g/mol. The van der Waals surface area contributed by atoms with Gasteiger partial charge in [-0.1, -0.05) is 6.07 Å². The van der Waals surface area contributed by atoms with Crippen molar-refractivity contribution < 1.29 is 8.78 Å². The van der Waals surface area contributed by atoms with E-state index in [9.17, 15) is 8.78 Å². The number of nitrogens with one attached hydrogen (secondary N) is 1. The van der Waals surface area contributed by atoms with Crippen molar-refractivity contribution in [3.8, 4) is 0 Å². The Kier molecular flexibility index (Phi) is 2.35. The van der Waals surface area contributed by atoms with E-state index in [-0.39, 0.29) is 6.54 Å². The zero-order valence-electron chi connectivity index (χ0n) is 7.71. The van der Waals surface area contributed by atoms with Crippen LogP contribution in [-0.2, 0) is 0 Å². The van der Waals surface area contributed by atoms with Crippen LogP contribution in [-0.4, -0.2) is 17.5 Å². The quantitative estimate of drug-likeness (QED) is 0.804. The minimum atomic E-state index is -2.59. The van der Waals surface area contributed by atoms with E-state index in [1.165, 1.54) is 0 Å². The lowest BCUT2D eigenvalue weighted by atomic mass is 10.2. The molecule has 0 aliphatic heterocycles. The fourth-order valence-corrected chi connectivity index (χ4v) is 1.33. The van der Waals surface area contributed by atoms with E-state index < -0.39 is 11.8 Å². The highest BCUT2D eigenvalue weighted by atomic mass is 19.3. The number of anilines is 1. The molecule has 0 bridgehead atoms. The number of aromatic nitrogens is 1. The van der Waals surface area contributed by atoms with Crippen LogP contribution >= 0.6 is 0 Å². The first kappa shape index (κ1) is 9.37. The number of alkyl halides is 2. The second kappa shape index (κ2) is 3.52. The van der Waals surface area contributed by atoms with Gasteiger partial charge in [0.15, 0.2) is 0 Å². The molecular weight excluding hydrogens is 186 g/mol. The second-order valence-corrected chi connectivity index (χ2v) is 3.60. The zero-order chi connectivity index (χ0) is 10.0. The Balaban J connectivity index is 1.87. The highest BCUT2D eigenvalue weighted by molar-refractivity contribution is 5.33. The van der Waals surface area contributed by atoms with Gasteiger partial charge in [0.05, 0.1) is 6.54 Å². The summed E-state index contributed by atoms with van der Waals surface area (Å²) in [7, 11) is 0. The third-order valence-corrected chi connectivity index (χ3v) is 2.34. The van der Waals surface area contributed by atoms with E-state index in [1.54, 1.807) is 24.4 Å². The van der Waals surface area contributed by atoms with Crippen molar-refractivity contribution in [2.24, 2.45) is 5.92 Å². The maximum Gasteiger partial charge on any atom is 0.267 e. The molecule has 1 aliphatic carbocycles. The van der Waals surface area contributed by atoms with E-state index >= 15 is 0 Å². The number of hydrogen-bond donors (Lipinski definition) is 1. The summed E-state index contributed by atoms with van der Waals surface area (Å²) in [5.74, 6) is -2.50. The topological polar surface area (TPSA) is 24.9 Å². The van der Waals surface area contributed by atoms with Crippen molar-refractivity contribution in [1.82, 2.24) is 4.98 Å². The summed E-state index contributed by atoms with van der Waals surface area (Å²) in [6.45, 7) is -0.311. The summed E-state index contributed by atoms with van der Waals surface area (Å²) >= 11 is 0. The largest absolute Gasteiger partial charge is 0.364 e. The fraction of sp³-hybridized carbons (Fsp3) is 0.500. The van der Waals surface area contributed by atoms with Gasteiger partial charge in [0.2, 0.25) is 0 Å². The van der Waals surface area contributed by atoms with Crippen LogP contribution in [0.2, 0.25) is 0 Å². The minimum Gasteiger partial charge on any atom is -0.364 e. The smallest absolute Gasteiger partial charge is 0.267 e. The van der Waals surface area contributed by atoms with Crippen molar-refractivity contribution in [1.29, 1.82) is 0 Å². The molecule has 2 nitrogen and oxygen atoms in total. The Morgan fingerprint density at radius 3 is 2.79 bits per heavy atom. The van der Waals surface area contributed by atoms with Crippen LogP contribution in [0.25, 0.3) is 0 Å². The van der Waals surface area contributed by atoms with Crippen LogP contribution in [0.15, 0.2) is 24.4 Å². The Morgan fingerprint density at radius 1 is 1.43 bits per heavy atom. The molecule has 1 heterocycles. The van der Waals surface area contributed by atoms with Gasteiger partial charge in [0.1, 0.15) is 5.82 Å². The number of nitrogens with zero attached hydrogens (tertiary/aromatic N) is 1. The van der Waals surface area contributed by atoms with Crippen LogP contribution in [0.1, 0.15) is 12.8 Å². The molecule has 76 valence electrons. The zero-order valence-corrected chi connectivity index (χ0v) is 7.71. The lowest BCUT2D eigenvalue weighted by molar-refractivity contribution is -0.00823. The number of hydrogen-bond acceptors (Lipinski definition) is 2. The van der Waals surface area contributed by atoms with Crippen LogP contribution in [0.3, 0.4) is 0 Å². The molecule has 1 fully saturated rings. The van der Waals surface area contributed by atoms with Crippen LogP contribution < -0.4 is 5.32 Å². The highest BCUT2D eigenvalue weighted by Crippen LogP contribution is 2.43. The lowest BCUT2D eigenvalue weighted by Crippen LogP contribution is -2.29. The fourth-order valence-electron chi connectivity index (χ4n) is 1.33. The second-order valence-electron chi connectivity index (χ2n) is 3.60. The third kappa shape index (κ3) is 2.19. The minimum absolute atomic E-state index is 0.311. The van der Waals surface area contributed by atoms with Gasteiger partial charge in [-0.05, 0) is 25.0 Å². The Morgan fingerprint density at radius 2 is 2.21 bits per heavy atom. The molecule has 1 aliphatic rings. The molecule has 4 heteroatoms. The van der Waals surface area contributed by atoms with Gasteiger partial charge in [-0.15, -0.1) is 0 Å². The van der Waals surface area contributed by atoms with Gasteiger partial charge in [-0.2, -0.15) is 0 Å². The van der Waals surface area contributed by atoms with Crippen molar-refractivity contribution in [3.63, 3.8) is 0 Å². The summed E-state index contributed by atoms with van der Waals surface area (Å²) < 4.78 is 26.4. The molecule has 1 saturated carbocycles. The summed E-state index contributed by atoms with van der Waals surface area (Å²) in [4.78, 5) is 3.92. The van der Waals surface area contributed by atoms with E-state index in [0.717, 1.165) is 0 Å². The molecule has 0 atom stereocenters. The molecular formula is C10H12F2N2. The van der Waals surface area contributed by atoms with E-state index in [4.69, 9.17) is 0 Å². The summed E-state index contributed by atoms with van der Waals surface area (Å²) in [6.07, 6.45) is 2.88. The molecule has 1 N–H and O–H groups in total. The lowest BCUT2D eigenvalue weighted by Gasteiger charge is -2.16. The van der Waals surface area contributed by atoms with Crippen molar-refractivity contribution in [2.45, 2.75) is 18.8 Å². The SMILES string of the molecule is FC(F)(CNc1ccccn1)C1CC1. The average Bonchev–Trinajstić information content (AvgIpc) is 3.00. The van der Waals surface area contributed by atoms with Crippen LogP contribution in [0, 0.1) is 5.92 Å². The summed E-state index contributed by atoms with van der Waals surface area (Å²) in [5, 5.41) is 2.65. The molecule has 2 rings (SSSR count). The van der Waals surface area contributed by atoms with E-state index in [2.05, 4.69) is 10.3 Å². The molecule has 0 radical (unpaired) electrons. The van der Waals surface area contributed by atoms with Crippen molar-refractivity contribution in [3.05, 3.63) is 24.4 Å². The van der Waals surface area contributed by atoms with Gasteiger partial charge < -0.3 is 5.32 Å². The normalized spacial score (nSPS) is 16.7. The van der Waals surface area contributed by atoms with Crippen molar-refractivity contribution >= 4 is 5.82 Å². The molecule has 0 aromatic carbocycles. The first-order chi connectivity index (χ1) is 6.68. The Hall–Kier alpha value is -1.19. The summed E-state index contributed by atoms with van der Waals surface area (Å²) in [6, 6.07) is 5.21. The molecule has 0 saturated heterocycles. The first-order valence-electron chi connectivity index (χ1n) is 4.71. The predicted molar refractivity (Wildman–Crippen MR) is 50.4 cm³/mol. The molecule has 0 unspecified atom stereocenters.